The Morgan fingerprint density at radius 1 is 1.06 bits per heavy atom. The number of anilines is 2. The van der Waals surface area contributed by atoms with Gasteiger partial charge in [-0.25, -0.2) is 26.9 Å². The second-order valence-corrected chi connectivity index (χ2v) is 9.70. The summed E-state index contributed by atoms with van der Waals surface area (Å²) in [4.78, 5) is 16.5. The molecule has 1 saturated carbocycles. The van der Waals surface area contributed by atoms with Crippen molar-refractivity contribution >= 4 is 52.2 Å². The quantitative estimate of drug-likeness (QED) is 0.241. The molecule has 0 bridgehead atoms. The van der Waals surface area contributed by atoms with Crippen LogP contribution in [-0.4, -0.2) is 15.2 Å². The lowest BCUT2D eigenvalue weighted by Crippen LogP contribution is -2.17. The number of nitrogens with one attached hydrogen (secondary N) is 2. The van der Waals surface area contributed by atoms with Gasteiger partial charge in [-0.2, -0.15) is 0 Å². The Morgan fingerprint density at radius 2 is 1.80 bits per heavy atom. The summed E-state index contributed by atoms with van der Waals surface area (Å²) in [5, 5.41) is 5.64. The lowest BCUT2D eigenvalue weighted by Gasteiger charge is -2.11. The molecule has 1 aliphatic carbocycles. The Labute approximate surface area is 211 Å². The van der Waals surface area contributed by atoms with Gasteiger partial charge in [-0.1, -0.05) is 23.7 Å². The molecule has 2 atom stereocenters. The Bertz CT molecular complexity index is 1290. The van der Waals surface area contributed by atoms with Crippen LogP contribution in [0.1, 0.15) is 29.0 Å². The molecule has 1 aromatic heterocycles. The van der Waals surface area contributed by atoms with Gasteiger partial charge in [0.2, 0.25) is 5.91 Å². The Balaban J connectivity index is 1.46. The van der Waals surface area contributed by atoms with Crippen LogP contribution in [0.4, 0.5) is 33.5 Å². The number of carbonyl (C=O) groups is 1. The van der Waals surface area contributed by atoms with Crippen LogP contribution >= 0.6 is 34.8 Å². The molecule has 4 nitrogen and oxygen atoms in total. The molecular formula is C23H15Cl3F5N3O. The van der Waals surface area contributed by atoms with Gasteiger partial charge in [0, 0.05) is 29.2 Å². The minimum atomic E-state index is -2.98. The van der Waals surface area contributed by atoms with Gasteiger partial charge < -0.3 is 10.6 Å². The van der Waals surface area contributed by atoms with E-state index in [0.717, 1.165) is 18.3 Å². The normalized spacial score (nSPS) is 18.4. The summed E-state index contributed by atoms with van der Waals surface area (Å²) in [5.74, 6) is -5.37. The van der Waals surface area contributed by atoms with E-state index in [1.54, 1.807) is 0 Å². The minimum absolute atomic E-state index is 0.00879. The van der Waals surface area contributed by atoms with E-state index in [2.05, 4.69) is 15.6 Å². The largest absolute Gasteiger partial charge is 0.364 e. The van der Waals surface area contributed by atoms with Crippen molar-refractivity contribution in [1.82, 2.24) is 4.98 Å². The molecule has 0 spiro atoms. The summed E-state index contributed by atoms with van der Waals surface area (Å²) < 4.78 is 64.9. The van der Waals surface area contributed by atoms with Crippen molar-refractivity contribution in [2.75, 3.05) is 10.6 Å². The maximum atomic E-state index is 14.0. The van der Waals surface area contributed by atoms with Gasteiger partial charge in [-0.15, -0.1) is 23.2 Å². The number of rotatable bonds is 7. The van der Waals surface area contributed by atoms with Crippen molar-refractivity contribution in [3.63, 3.8) is 0 Å². The first-order valence-electron chi connectivity index (χ1n) is 10.1. The van der Waals surface area contributed by atoms with Gasteiger partial charge in [-0.3, -0.25) is 4.79 Å². The summed E-state index contributed by atoms with van der Waals surface area (Å²) in [6.07, 6.45) is -2.13. The Hall–Kier alpha value is -2.62. The highest BCUT2D eigenvalue weighted by atomic mass is 35.5. The number of carbonyl (C=O) groups excluding carboxylic acids is 1. The van der Waals surface area contributed by atoms with Gasteiger partial charge in [0.15, 0.2) is 11.6 Å². The van der Waals surface area contributed by atoms with Crippen LogP contribution < -0.4 is 10.6 Å². The van der Waals surface area contributed by atoms with Crippen molar-refractivity contribution in [2.45, 2.75) is 23.2 Å². The summed E-state index contributed by atoms with van der Waals surface area (Å²) in [7, 11) is 0. The number of amides is 1. The molecule has 0 saturated heterocycles. The third-order valence-electron chi connectivity index (χ3n) is 5.52. The zero-order valence-electron chi connectivity index (χ0n) is 17.4. The Kier molecular flexibility index (Phi) is 7.13. The second-order valence-electron chi connectivity index (χ2n) is 7.84. The molecule has 35 heavy (non-hydrogen) atoms. The van der Waals surface area contributed by atoms with Crippen LogP contribution in [-0.2, 0) is 11.3 Å². The molecule has 0 aliphatic heterocycles. The fourth-order valence-corrected chi connectivity index (χ4v) is 4.73. The number of hydrogen-bond acceptors (Lipinski definition) is 3. The number of benzene rings is 2. The molecule has 2 aromatic carbocycles. The monoisotopic (exact) mass is 549 g/mol. The van der Waals surface area contributed by atoms with Gasteiger partial charge in [0.1, 0.15) is 16.0 Å². The van der Waals surface area contributed by atoms with Crippen LogP contribution in [0.3, 0.4) is 0 Å². The van der Waals surface area contributed by atoms with Crippen LogP contribution in [0.2, 0.25) is 5.02 Å². The highest BCUT2D eigenvalue weighted by Crippen LogP contribution is 2.65. The second kappa shape index (κ2) is 9.79. The first kappa shape index (κ1) is 25.5. The van der Waals surface area contributed by atoms with Crippen molar-refractivity contribution in [1.29, 1.82) is 0 Å². The summed E-state index contributed by atoms with van der Waals surface area (Å²) >= 11 is 18.7. The maximum absolute atomic E-state index is 14.0. The topological polar surface area (TPSA) is 54.0 Å². The number of pyridine rings is 1. The number of halogens is 8. The highest BCUT2D eigenvalue weighted by molar-refractivity contribution is 6.53. The summed E-state index contributed by atoms with van der Waals surface area (Å²) in [6.45, 7) is 0.00879. The molecular weight excluding hydrogens is 536 g/mol. The van der Waals surface area contributed by atoms with Crippen molar-refractivity contribution in [3.8, 4) is 0 Å². The van der Waals surface area contributed by atoms with Gasteiger partial charge in [0.05, 0.1) is 17.7 Å². The van der Waals surface area contributed by atoms with E-state index < -0.39 is 51.5 Å². The van der Waals surface area contributed by atoms with E-state index in [1.807, 2.05) is 0 Å². The molecule has 184 valence electrons. The van der Waals surface area contributed by atoms with Crippen molar-refractivity contribution in [3.05, 3.63) is 87.8 Å². The molecule has 3 aromatic rings. The lowest BCUT2D eigenvalue weighted by atomic mass is 10.1. The predicted octanol–water partition coefficient (Wildman–Crippen LogP) is 7.23. The fraction of sp³-hybridized carbons (Fsp3) is 0.217. The zero-order chi connectivity index (χ0) is 25.5. The van der Waals surface area contributed by atoms with Gasteiger partial charge in [0.25, 0.3) is 6.43 Å². The lowest BCUT2D eigenvalue weighted by molar-refractivity contribution is -0.117. The average molecular weight is 551 g/mol. The summed E-state index contributed by atoms with van der Waals surface area (Å²) in [5.41, 5.74) is 0.239. The number of alkyl halides is 4. The van der Waals surface area contributed by atoms with E-state index in [9.17, 15) is 26.7 Å². The first-order chi connectivity index (χ1) is 16.5. The third-order valence-corrected chi connectivity index (χ3v) is 6.83. The smallest absolute Gasteiger partial charge is 0.266 e. The number of nitrogens with zero attached hydrogens (tertiary/aromatic N) is 1. The maximum Gasteiger partial charge on any atom is 0.266 e. The van der Waals surface area contributed by atoms with Crippen LogP contribution in [0, 0.1) is 23.4 Å². The van der Waals surface area contributed by atoms with Crippen LogP contribution in [0.15, 0.2) is 48.7 Å². The third kappa shape index (κ3) is 5.32. The van der Waals surface area contributed by atoms with E-state index in [0.29, 0.717) is 22.3 Å². The first-order valence-corrected chi connectivity index (χ1v) is 11.2. The van der Waals surface area contributed by atoms with E-state index >= 15 is 0 Å². The molecule has 12 heteroatoms. The molecule has 1 aliphatic rings. The van der Waals surface area contributed by atoms with E-state index in [4.69, 9.17) is 34.8 Å². The molecule has 2 N–H and O–H groups in total. The molecule has 4 rings (SSSR count). The number of hydrogen-bond donors (Lipinski definition) is 2. The fourth-order valence-electron chi connectivity index (χ4n) is 3.71. The van der Waals surface area contributed by atoms with E-state index in [1.165, 1.54) is 24.3 Å². The summed E-state index contributed by atoms with van der Waals surface area (Å²) in [6, 6.07) is 8.30. The van der Waals surface area contributed by atoms with Gasteiger partial charge >= 0.3 is 0 Å². The van der Waals surface area contributed by atoms with Crippen molar-refractivity contribution in [2.24, 2.45) is 5.92 Å². The average Bonchev–Trinajstić information content (AvgIpc) is 3.36. The molecule has 0 radical (unpaired) electrons. The van der Waals surface area contributed by atoms with E-state index in [-0.39, 0.29) is 17.9 Å². The van der Waals surface area contributed by atoms with Crippen LogP contribution in [0.5, 0.6) is 0 Å². The highest BCUT2D eigenvalue weighted by Gasteiger charge is 2.67. The zero-order valence-corrected chi connectivity index (χ0v) is 19.7. The Morgan fingerprint density at radius 3 is 2.46 bits per heavy atom. The predicted molar refractivity (Wildman–Crippen MR) is 124 cm³/mol. The molecule has 1 heterocycles. The van der Waals surface area contributed by atoms with Crippen molar-refractivity contribution < 1.29 is 26.7 Å². The SMILES string of the molecule is O=C(Nc1ccc(Cl)c(CNc2ncc(F)cc2F)c1)C1C(c2ccc(C(F)F)c(F)c2)C1(Cl)Cl. The molecule has 1 fully saturated rings. The van der Waals surface area contributed by atoms with Gasteiger partial charge in [-0.05, 0) is 35.4 Å². The standard InChI is InChI=1S/C23H15Cl3F5N3O/c24-15-4-2-13(5-11(15)8-32-21-17(29)7-12(27)9-33-21)34-22(35)19-18(23(19,25)26)10-1-3-14(20(30)31)16(28)6-10/h1-7,9,18-20H,8H2,(H,32,33)(H,34,35). The number of aromatic nitrogens is 1. The molecule has 1 amide bonds. The van der Waals surface area contributed by atoms with Crippen LogP contribution in [0.25, 0.3) is 0 Å². The minimum Gasteiger partial charge on any atom is -0.364 e. The molecule has 2 unspecified atom stereocenters.